The molecular weight excluding hydrogens is 418 g/mol. The van der Waals surface area contributed by atoms with Crippen LogP contribution in [0.2, 0.25) is 0 Å². The molecule has 8 nitrogen and oxygen atoms in total. The van der Waals surface area contributed by atoms with Crippen molar-refractivity contribution in [2.24, 2.45) is 0 Å². The quantitative estimate of drug-likeness (QED) is 0.400. The number of hydrogen-bond acceptors (Lipinski definition) is 8. The molecule has 3 rings (SSSR count). The lowest BCUT2D eigenvalue weighted by molar-refractivity contribution is -0.147. The first-order valence-corrected chi connectivity index (χ1v) is 10.4. The van der Waals surface area contributed by atoms with Crippen molar-refractivity contribution in [3.8, 4) is 5.75 Å². The Hall–Kier alpha value is -3.59. The summed E-state index contributed by atoms with van der Waals surface area (Å²) < 4.78 is 10.4. The Balaban J connectivity index is 1.45. The summed E-state index contributed by atoms with van der Waals surface area (Å²) in [5.74, 6) is -0.571. The van der Waals surface area contributed by atoms with Crippen molar-refractivity contribution in [3.63, 3.8) is 0 Å². The second kappa shape index (κ2) is 10.4. The summed E-state index contributed by atoms with van der Waals surface area (Å²) in [6.45, 7) is 3.13. The second-order valence-corrected chi connectivity index (χ2v) is 7.60. The first-order valence-electron chi connectivity index (χ1n) is 9.56. The number of aryl methyl sites for hydroxylation is 1. The fourth-order valence-electron chi connectivity index (χ4n) is 2.52. The first kappa shape index (κ1) is 22.1. The molecule has 0 fully saturated rings. The Morgan fingerprint density at radius 3 is 2.35 bits per heavy atom. The van der Waals surface area contributed by atoms with Gasteiger partial charge >= 0.3 is 5.97 Å². The number of nitrogens with zero attached hydrogens (tertiary/aromatic N) is 2. The van der Waals surface area contributed by atoms with Crippen LogP contribution in [0.4, 0.5) is 5.69 Å². The Morgan fingerprint density at radius 1 is 1.00 bits per heavy atom. The van der Waals surface area contributed by atoms with Gasteiger partial charge in [-0.25, -0.2) is 4.79 Å². The van der Waals surface area contributed by atoms with Crippen molar-refractivity contribution in [2.45, 2.75) is 26.9 Å². The average molecular weight is 439 g/mol. The predicted octanol–water partition coefficient (Wildman–Crippen LogP) is 3.68. The highest BCUT2D eigenvalue weighted by Crippen LogP contribution is 2.16. The van der Waals surface area contributed by atoms with E-state index in [1.165, 1.54) is 12.5 Å². The van der Waals surface area contributed by atoms with Crippen molar-refractivity contribution in [1.82, 2.24) is 10.2 Å². The van der Waals surface area contributed by atoms with Crippen molar-refractivity contribution in [2.75, 3.05) is 11.9 Å². The monoisotopic (exact) mass is 439 g/mol. The number of ketones is 1. The lowest BCUT2D eigenvalue weighted by Gasteiger charge is -2.06. The van der Waals surface area contributed by atoms with Crippen LogP contribution in [0.5, 0.6) is 5.75 Å². The molecule has 3 aromatic rings. The third-order valence-corrected chi connectivity index (χ3v) is 5.15. The van der Waals surface area contributed by atoms with Gasteiger partial charge in [-0.1, -0.05) is 30.4 Å². The number of amides is 1. The van der Waals surface area contributed by atoms with Gasteiger partial charge in [0.1, 0.15) is 12.4 Å². The number of rotatable bonds is 9. The van der Waals surface area contributed by atoms with E-state index in [1.807, 2.05) is 24.3 Å². The zero-order valence-electron chi connectivity index (χ0n) is 17.1. The van der Waals surface area contributed by atoms with Gasteiger partial charge in [0.05, 0.1) is 0 Å². The van der Waals surface area contributed by atoms with Crippen LogP contribution in [0.15, 0.2) is 48.5 Å². The van der Waals surface area contributed by atoms with Crippen LogP contribution < -0.4 is 10.1 Å². The second-order valence-electron chi connectivity index (χ2n) is 6.54. The van der Waals surface area contributed by atoms with E-state index in [-0.39, 0.29) is 29.9 Å². The summed E-state index contributed by atoms with van der Waals surface area (Å²) in [5, 5.41) is 11.1. The largest absolute Gasteiger partial charge is 0.482 e. The van der Waals surface area contributed by atoms with Crippen LogP contribution in [-0.2, 0) is 22.6 Å². The van der Waals surface area contributed by atoms with Crippen molar-refractivity contribution in [1.29, 1.82) is 0 Å². The van der Waals surface area contributed by atoms with E-state index in [0.29, 0.717) is 22.0 Å². The maximum absolute atomic E-state index is 12.3. The summed E-state index contributed by atoms with van der Waals surface area (Å²) in [4.78, 5) is 35.4. The highest BCUT2D eigenvalue weighted by Gasteiger charge is 2.15. The topological polar surface area (TPSA) is 107 Å². The van der Waals surface area contributed by atoms with Gasteiger partial charge in [-0.15, -0.1) is 10.2 Å². The molecule has 0 spiro atoms. The number of hydrogen-bond donors (Lipinski definition) is 1. The number of carbonyl (C=O) groups is 3. The summed E-state index contributed by atoms with van der Waals surface area (Å²) in [6.07, 6.45) is 0.921. The number of Topliss-reactive ketones (excluding diaryl/α,β-unsaturated/α-hetero) is 1. The van der Waals surface area contributed by atoms with Gasteiger partial charge in [0.15, 0.2) is 17.4 Å². The molecule has 0 saturated carbocycles. The molecule has 2 aromatic carbocycles. The molecule has 160 valence electrons. The van der Waals surface area contributed by atoms with E-state index in [2.05, 4.69) is 22.4 Å². The number of anilines is 1. The third-order valence-electron chi connectivity index (χ3n) is 4.26. The van der Waals surface area contributed by atoms with Gasteiger partial charge in [-0.05, 0) is 55.3 Å². The molecule has 1 N–H and O–H groups in total. The predicted molar refractivity (Wildman–Crippen MR) is 115 cm³/mol. The smallest absolute Gasteiger partial charge is 0.344 e. The first-order chi connectivity index (χ1) is 14.9. The summed E-state index contributed by atoms with van der Waals surface area (Å²) in [6, 6.07) is 14.0. The molecule has 0 bridgehead atoms. The summed E-state index contributed by atoms with van der Waals surface area (Å²) in [5.41, 5.74) is 2.40. The number of carbonyl (C=O) groups excluding carboxylic acids is 3. The van der Waals surface area contributed by atoms with Crippen LogP contribution in [-0.4, -0.2) is 34.5 Å². The SMILES string of the molecule is CCc1ccc(NC(=O)c2nnc(COC(=O)COc3ccc(C(C)=O)cc3)s2)cc1. The van der Waals surface area contributed by atoms with E-state index in [0.717, 1.165) is 17.8 Å². The molecule has 0 aliphatic rings. The van der Waals surface area contributed by atoms with E-state index in [4.69, 9.17) is 9.47 Å². The molecule has 0 unspecified atom stereocenters. The molecule has 0 atom stereocenters. The summed E-state index contributed by atoms with van der Waals surface area (Å²) >= 11 is 1.04. The Bertz CT molecular complexity index is 1060. The average Bonchev–Trinajstić information content (AvgIpc) is 3.26. The maximum atomic E-state index is 12.3. The van der Waals surface area contributed by atoms with Gasteiger partial charge < -0.3 is 14.8 Å². The molecular formula is C22H21N3O5S. The van der Waals surface area contributed by atoms with Gasteiger partial charge in [-0.2, -0.15) is 0 Å². The number of nitrogens with one attached hydrogen (secondary N) is 1. The van der Waals surface area contributed by atoms with Gasteiger partial charge in [0.2, 0.25) is 5.01 Å². The fraction of sp³-hybridized carbons (Fsp3) is 0.227. The molecule has 0 aliphatic heterocycles. The van der Waals surface area contributed by atoms with Crippen molar-refractivity contribution >= 4 is 34.7 Å². The van der Waals surface area contributed by atoms with Gasteiger partial charge in [0, 0.05) is 11.3 Å². The summed E-state index contributed by atoms with van der Waals surface area (Å²) in [7, 11) is 0. The lowest BCUT2D eigenvalue weighted by Crippen LogP contribution is -2.14. The van der Waals surface area contributed by atoms with Crippen LogP contribution in [0.3, 0.4) is 0 Å². The molecule has 1 amide bonds. The molecule has 31 heavy (non-hydrogen) atoms. The molecule has 0 aliphatic carbocycles. The van der Waals surface area contributed by atoms with Crippen molar-refractivity contribution in [3.05, 3.63) is 69.7 Å². The number of aromatic nitrogens is 2. The van der Waals surface area contributed by atoms with Crippen molar-refractivity contribution < 1.29 is 23.9 Å². The van der Waals surface area contributed by atoms with Crippen LogP contribution in [0.25, 0.3) is 0 Å². The molecule has 1 aromatic heterocycles. The Kier molecular flexibility index (Phi) is 7.45. The van der Waals surface area contributed by atoms with E-state index >= 15 is 0 Å². The highest BCUT2D eigenvalue weighted by molar-refractivity contribution is 7.13. The van der Waals surface area contributed by atoms with E-state index in [9.17, 15) is 14.4 Å². The van der Waals surface area contributed by atoms with Crippen LogP contribution >= 0.6 is 11.3 Å². The minimum absolute atomic E-state index is 0.0505. The van der Waals surface area contributed by atoms with Gasteiger partial charge in [0.25, 0.3) is 5.91 Å². The number of benzene rings is 2. The van der Waals surface area contributed by atoms with Crippen LogP contribution in [0, 0.1) is 0 Å². The Labute approximate surface area is 183 Å². The highest BCUT2D eigenvalue weighted by atomic mass is 32.1. The van der Waals surface area contributed by atoms with E-state index in [1.54, 1.807) is 24.3 Å². The fourth-order valence-corrected chi connectivity index (χ4v) is 3.17. The Morgan fingerprint density at radius 2 is 1.71 bits per heavy atom. The molecule has 0 radical (unpaired) electrons. The molecule has 1 heterocycles. The number of ether oxygens (including phenoxy) is 2. The van der Waals surface area contributed by atoms with Gasteiger partial charge in [-0.3, -0.25) is 9.59 Å². The normalized spacial score (nSPS) is 10.4. The number of esters is 1. The molecule has 9 heteroatoms. The minimum atomic E-state index is -0.590. The zero-order chi connectivity index (χ0) is 22.2. The molecule has 0 saturated heterocycles. The lowest BCUT2D eigenvalue weighted by atomic mass is 10.1. The van der Waals surface area contributed by atoms with Crippen LogP contribution in [0.1, 0.15) is 44.6 Å². The van der Waals surface area contributed by atoms with E-state index < -0.39 is 5.97 Å². The third kappa shape index (κ3) is 6.45. The zero-order valence-corrected chi connectivity index (χ0v) is 17.9. The minimum Gasteiger partial charge on any atom is -0.482 e. The maximum Gasteiger partial charge on any atom is 0.344 e. The standard InChI is InChI=1S/C22H21N3O5S/c1-3-15-4-8-17(9-5-15)23-21(28)22-25-24-19(31-22)12-30-20(27)13-29-18-10-6-16(7-11-18)14(2)26/h4-11H,3,12-13H2,1-2H3,(H,23,28).